The number of hydrogen-bond donors (Lipinski definition) is 1. The average Bonchev–Trinajstić information content (AvgIpc) is 3.41. The van der Waals surface area contributed by atoms with Crippen molar-refractivity contribution in [2.75, 3.05) is 19.6 Å². The minimum atomic E-state index is 0.0685. The second-order valence-electron chi connectivity index (χ2n) is 7.41. The van der Waals surface area contributed by atoms with Crippen molar-refractivity contribution in [2.45, 2.75) is 45.6 Å². The van der Waals surface area contributed by atoms with Crippen molar-refractivity contribution in [2.24, 2.45) is 0 Å². The molecule has 1 aliphatic heterocycles. The number of benzene rings is 1. The van der Waals surface area contributed by atoms with Gasteiger partial charge in [-0.3, -0.25) is 9.69 Å². The molecule has 0 aliphatic carbocycles. The van der Waals surface area contributed by atoms with Crippen molar-refractivity contribution in [3.8, 4) is 0 Å². The van der Waals surface area contributed by atoms with Gasteiger partial charge in [0.05, 0.1) is 6.04 Å². The van der Waals surface area contributed by atoms with Gasteiger partial charge in [0.1, 0.15) is 5.01 Å². The number of likely N-dealkylation sites (tertiary alicyclic amines) is 1. The van der Waals surface area contributed by atoms with Crippen molar-refractivity contribution in [1.29, 1.82) is 0 Å². The smallest absolute Gasteiger partial charge is 0.234 e. The van der Waals surface area contributed by atoms with E-state index in [1.54, 1.807) is 4.52 Å². The molecule has 1 aromatic carbocycles. The van der Waals surface area contributed by atoms with Gasteiger partial charge in [0.2, 0.25) is 10.9 Å². The molecule has 148 valence electrons. The third kappa shape index (κ3) is 4.23. The van der Waals surface area contributed by atoms with Crippen LogP contribution in [0, 0.1) is 13.8 Å². The van der Waals surface area contributed by atoms with E-state index in [0.717, 1.165) is 28.9 Å². The van der Waals surface area contributed by atoms with E-state index in [-0.39, 0.29) is 11.9 Å². The number of rotatable bonds is 7. The number of nitrogens with one attached hydrogen (secondary N) is 1. The predicted molar refractivity (Wildman–Crippen MR) is 109 cm³/mol. The molecule has 1 amide bonds. The molecule has 0 radical (unpaired) electrons. The molecule has 0 saturated carbocycles. The van der Waals surface area contributed by atoms with Gasteiger partial charge >= 0.3 is 0 Å². The molecule has 7 nitrogen and oxygen atoms in total. The monoisotopic (exact) mass is 398 g/mol. The summed E-state index contributed by atoms with van der Waals surface area (Å²) < 4.78 is 1.73. The Hall–Kier alpha value is -2.32. The first-order chi connectivity index (χ1) is 13.6. The summed E-state index contributed by atoms with van der Waals surface area (Å²) in [6.45, 7) is 6.82. The van der Waals surface area contributed by atoms with Crippen LogP contribution in [0.2, 0.25) is 0 Å². The second-order valence-corrected chi connectivity index (χ2v) is 8.45. The van der Waals surface area contributed by atoms with E-state index in [1.165, 1.54) is 35.3 Å². The van der Waals surface area contributed by atoms with E-state index >= 15 is 0 Å². The molecule has 0 spiro atoms. The molecule has 0 bridgehead atoms. The van der Waals surface area contributed by atoms with Crippen molar-refractivity contribution >= 4 is 22.2 Å². The van der Waals surface area contributed by atoms with Crippen LogP contribution in [0.4, 0.5) is 0 Å². The van der Waals surface area contributed by atoms with Crippen molar-refractivity contribution in [1.82, 2.24) is 30.0 Å². The molecule has 1 fully saturated rings. The zero-order valence-electron chi connectivity index (χ0n) is 16.4. The number of hydrogen-bond acceptors (Lipinski definition) is 6. The summed E-state index contributed by atoms with van der Waals surface area (Å²) in [4.78, 5) is 15.7. The van der Waals surface area contributed by atoms with Crippen LogP contribution in [-0.4, -0.2) is 50.3 Å². The van der Waals surface area contributed by atoms with Crippen LogP contribution in [-0.2, 0) is 11.2 Å². The summed E-state index contributed by atoms with van der Waals surface area (Å²) in [6.07, 6.45) is 3.52. The largest absolute Gasteiger partial charge is 0.354 e. The first-order valence-corrected chi connectivity index (χ1v) is 10.7. The van der Waals surface area contributed by atoms with E-state index < -0.39 is 0 Å². The van der Waals surface area contributed by atoms with Crippen LogP contribution < -0.4 is 5.32 Å². The van der Waals surface area contributed by atoms with Gasteiger partial charge in [-0.05, 0) is 45.3 Å². The standard InChI is InChI=1S/C20H26N6OS/c1-14-5-7-16(8-6-14)17(25-11-3-4-12-25)13-21-18(27)9-10-19-24-26-15(2)22-23-20(26)28-19/h5-8,17H,3-4,9-13H2,1-2H3,(H,21,27). The lowest BCUT2D eigenvalue weighted by Gasteiger charge is -2.28. The molecule has 28 heavy (non-hydrogen) atoms. The van der Waals surface area contributed by atoms with Gasteiger partial charge in [-0.1, -0.05) is 41.2 Å². The maximum Gasteiger partial charge on any atom is 0.234 e. The summed E-state index contributed by atoms with van der Waals surface area (Å²) >= 11 is 1.49. The maximum atomic E-state index is 12.5. The van der Waals surface area contributed by atoms with Crippen LogP contribution in [0.25, 0.3) is 4.96 Å². The molecule has 1 atom stereocenters. The lowest BCUT2D eigenvalue weighted by atomic mass is 10.0. The first-order valence-electron chi connectivity index (χ1n) is 9.85. The highest BCUT2D eigenvalue weighted by molar-refractivity contribution is 7.16. The van der Waals surface area contributed by atoms with Gasteiger partial charge in [-0.2, -0.15) is 9.61 Å². The zero-order chi connectivity index (χ0) is 19.5. The van der Waals surface area contributed by atoms with Gasteiger partial charge in [0, 0.05) is 19.4 Å². The van der Waals surface area contributed by atoms with E-state index in [9.17, 15) is 4.79 Å². The normalized spacial score (nSPS) is 15.9. The van der Waals surface area contributed by atoms with Crippen LogP contribution in [0.1, 0.15) is 47.3 Å². The third-order valence-electron chi connectivity index (χ3n) is 5.29. The summed E-state index contributed by atoms with van der Waals surface area (Å²) in [7, 11) is 0. The van der Waals surface area contributed by atoms with Crippen molar-refractivity contribution < 1.29 is 4.79 Å². The minimum Gasteiger partial charge on any atom is -0.354 e. The number of aryl methyl sites for hydroxylation is 3. The van der Waals surface area contributed by atoms with Gasteiger partial charge in [0.15, 0.2) is 5.82 Å². The van der Waals surface area contributed by atoms with Gasteiger partial charge in [-0.15, -0.1) is 10.2 Å². The van der Waals surface area contributed by atoms with E-state index in [1.807, 2.05) is 6.92 Å². The summed E-state index contributed by atoms with van der Waals surface area (Å²) in [5.74, 6) is 0.840. The third-order valence-corrected chi connectivity index (χ3v) is 6.25. The Labute approximate surface area is 168 Å². The first kappa shape index (κ1) is 19.0. The Morgan fingerprint density at radius 2 is 1.93 bits per heavy atom. The van der Waals surface area contributed by atoms with E-state index in [4.69, 9.17) is 0 Å². The SMILES string of the molecule is Cc1ccc(C(CNC(=O)CCc2nn3c(C)nnc3s2)N2CCCC2)cc1. The predicted octanol–water partition coefficient (Wildman–Crippen LogP) is 2.69. The average molecular weight is 399 g/mol. The molecule has 4 rings (SSSR count). The molecule has 1 aliphatic rings. The Bertz CT molecular complexity index is 941. The highest BCUT2D eigenvalue weighted by atomic mass is 32.1. The van der Waals surface area contributed by atoms with E-state index in [0.29, 0.717) is 19.4 Å². The molecule has 1 N–H and O–H groups in total. The van der Waals surface area contributed by atoms with Crippen LogP contribution in [0.3, 0.4) is 0 Å². The van der Waals surface area contributed by atoms with Crippen LogP contribution in [0.5, 0.6) is 0 Å². The highest BCUT2D eigenvalue weighted by Crippen LogP contribution is 2.25. The van der Waals surface area contributed by atoms with Gasteiger partial charge in [-0.25, -0.2) is 0 Å². The number of carbonyl (C=O) groups is 1. The Morgan fingerprint density at radius 1 is 1.18 bits per heavy atom. The fraction of sp³-hybridized carbons (Fsp3) is 0.500. The topological polar surface area (TPSA) is 75.4 Å². The maximum absolute atomic E-state index is 12.5. The molecule has 2 aromatic heterocycles. The number of amides is 1. The molecule has 3 aromatic rings. The number of nitrogens with zero attached hydrogens (tertiary/aromatic N) is 5. The van der Waals surface area contributed by atoms with Crippen molar-refractivity contribution in [3.63, 3.8) is 0 Å². The van der Waals surface area contributed by atoms with Crippen molar-refractivity contribution in [3.05, 3.63) is 46.2 Å². The summed E-state index contributed by atoms with van der Waals surface area (Å²) in [6, 6.07) is 8.91. The zero-order valence-corrected chi connectivity index (χ0v) is 17.2. The summed E-state index contributed by atoms with van der Waals surface area (Å²) in [5, 5.41) is 16.6. The van der Waals surface area contributed by atoms with Crippen LogP contribution >= 0.6 is 11.3 Å². The van der Waals surface area contributed by atoms with Gasteiger partial charge < -0.3 is 5.32 Å². The Morgan fingerprint density at radius 3 is 2.64 bits per heavy atom. The van der Waals surface area contributed by atoms with E-state index in [2.05, 4.69) is 56.7 Å². The lowest BCUT2D eigenvalue weighted by molar-refractivity contribution is -0.121. The fourth-order valence-corrected chi connectivity index (χ4v) is 4.55. The molecule has 1 saturated heterocycles. The quantitative estimate of drug-likeness (QED) is 0.662. The minimum absolute atomic E-state index is 0.0685. The number of aromatic nitrogens is 4. The Kier molecular flexibility index (Phi) is 5.68. The fourth-order valence-electron chi connectivity index (χ4n) is 3.67. The molecule has 3 heterocycles. The number of carbonyl (C=O) groups excluding carboxylic acids is 1. The molecular weight excluding hydrogens is 372 g/mol. The highest BCUT2D eigenvalue weighted by Gasteiger charge is 2.24. The Balaban J connectivity index is 1.34. The second kappa shape index (κ2) is 8.36. The molecular formula is C20H26N6OS. The molecule has 1 unspecified atom stereocenters. The summed E-state index contributed by atoms with van der Waals surface area (Å²) in [5.41, 5.74) is 2.53. The van der Waals surface area contributed by atoms with Crippen LogP contribution in [0.15, 0.2) is 24.3 Å². The number of fused-ring (bicyclic) bond motifs is 1. The van der Waals surface area contributed by atoms with Gasteiger partial charge in [0.25, 0.3) is 0 Å². The molecule has 8 heteroatoms. The lowest BCUT2D eigenvalue weighted by Crippen LogP contribution is -2.36.